The van der Waals surface area contributed by atoms with Crippen LogP contribution in [0.2, 0.25) is 0 Å². The summed E-state index contributed by atoms with van der Waals surface area (Å²) in [5.41, 5.74) is 0.456. The van der Waals surface area contributed by atoms with Gasteiger partial charge in [0, 0.05) is 7.05 Å². The highest BCUT2D eigenvalue weighted by molar-refractivity contribution is 5.80. The first-order valence-electron chi connectivity index (χ1n) is 4.86. The lowest BCUT2D eigenvalue weighted by Gasteiger charge is -2.13. The summed E-state index contributed by atoms with van der Waals surface area (Å²) in [6.07, 6.45) is -0.764. The quantitative estimate of drug-likeness (QED) is 0.801. The molecule has 1 amide bonds. The van der Waals surface area contributed by atoms with Gasteiger partial charge in [-0.1, -0.05) is 6.07 Å². The first-order chi connectivity index (χ1) is 7.58. The Hall–Kier alpha value is -1.62. The van der Waals surface area contributed by atoms with Crippen LogP contribution in [0.3, 0.4) is 0 Å². The van der Waals surface area contributed by atoms with Crippen molar-refractivity contribution in [3.63, 3.8) is 0 Å². The molecule has 0 fully saturated rings. The summed E-state index contributed by atoms with van der Waals surface area (Å²) in [6.45, 7) is 1.29. The molecule has 0 heterocycles. The van der Waals surface area contributed by atoms with Crippen molar-refractivity contribution >= 4 is 5.91 Å². The number of ether oxygens (including phenoxy) is 1. The Morgan fingerprint density at radius 1 is 1.62 bits per heavy atom. The van der Waals surface area contributed by atoms with E-state index in [1.165, 1.54) is 32.2 Å². The van der Waals surface area contributed by atoms with Crippen molar-refractivity contribution in [3.8, 4) is 5.75 Å². The molecule has 2 N–H and O–H groups in total. The van der Waals surface area contributed by atoms with Gasteiger partial charge in [-0.15, -0.1) is 0 Å². The Balaban J connectivity index is 2.78. The Kier molecular flexibility index (Phi) is 4.25. The molecule has 0 aromatic heterocycles. The maximum atomic E-state index is 13.4. The van der Waals surface area contributed by atoms with Crippen LogP contribution >= 0.6 is 0 Å². The highest BCUT2D eigenvalue weighted by Crippen LogP contribution is 2.19. The van der Waals surface area contributed by atoms with Gasteiger partial charge in [-0.2, -0.15) is 0 Å². The van der Waals surface area contributed by atoms with Crippen LogP contribution in [0.4, 0.5) is 4.39 Å². The number of halogens is 1. The van der Waals surface area contributed by atoms with Gasteiger partial charge in [0.25, 0.3) is 5.91 Å². The molecule has 5 heteroatoms. The number of amides is 1. The summed E-state index contributed by atoms with van der Waals surface area (Å²) in [4.78, 5) is 11.2. The lowest BCUT2D eigenvalue weighted by molar-refractivity contribution is -0.126. The van der Waals surface area contributed by atoms with Crippen LogP contribution in [0.1, 0.15) is 12.5 Å². The average Bonchev–Trinajstić information content (AvgIpc) is 2.30. The van der Waals surface area contributed by atoms with Gasteiger partial charge in [-0.05, 0) is 24.6 Å². The fourth-order valence-corrected chi connectivity index (χ4v) is 1.19. The van der Waals surface area contributed by atoms with Crippen LogP contribution < -0.4 is 10.1 Å². The summed E-state index contributed by atoms with van der Waals surface area (Å²) in [7, 11) is 1.48. The molecule has 1 atom stereocenters. The van der Waals surface area contributed by atoms with Crippen molar-refractivity contribution < 1.29 is 19.0 Å². The molecule has 4 nitrogen and oxygen atoms in total. The van der Waals surface area contributed by atoms with Crippen LogP contribution in [0.5, 0.6) is 5.75 Å². The summed E-state index contributed by atoms with van der Waals surface area (Å²) >= 11 is 0. The summed E-state index contributed by atoms with van der Waals surface area (Å²) < 4.78 is 18.5. The first kappa shape index (κ1) is 12.4. The fourth-order valence-electron chi connectivity index (χ4n) is 1.19. The van der Waals surface area contributed by atoms with Gasteiger partial charge in [0.05, 0.1) is 6.61 Å². The molecule has 1 aromatic carbocycles. The SMILES string of the molecule is CNC(=O)C(C)Oc1ccc(CO)cc1F. The fraction of sp³-hybridized carbons (Fsp3) is 0.364. The Morgan fingerprint density at radius 3 is 2.81 bits per heavy atom. The third kappa shape index (κ3) is 2.93. The van der Waals surface area contributed by atoms with Gasteiger partial charge in [-0.25, -0.2) is 4.39 Å². The zero-order valence-corrected chi connectivity index (χ0v) is 9.16. The molecule has 0 aliphatic carbocycles. The number of carbonyl (C=O) groups excluding carboxylic acids is 1. The van der Waals surface area contributed by atoms with Gasteiger partial charge in [-0.3, -0.25) is 4.79 Å². The van der Waals surface area contributed by atoms with Gasteiger partial charge in [0.2, 0.25) is 0 Å². The van der Waals surface area contributed by atoms with Crippen LogP contribution in [-0.4, -0.2) is 24.2 Å². The Morgan fingerprint density at radius 2 is 2.31 bits per heavy atom. The largest absolute Gasteiger partial charge is 0.478 e. The number of hydrogen-bond donors (Lipinski definition) is 2. The van der Waals surface area contributed by atoms with Crippen molar-refractivity contribution in [2.45, 2.75) is 19.6 Å². The molecule has 16 heavy (non-hydrogen) atoms. The van der Waals surface area contributed by atoms with Crippen molar-refractivity contribution in [2.75, 3.05) is 7.05 Å². The minimum Gasteiger partial charge on any atom is -0.478 e. The predicted molar refractivity (Wildman–Crippen MR) is 56.5 cm³/mol. The molecule has 0 spiro atoms. The number of aliphatic hydroxyl groups is 1. The van der Waals surface area contributed by atoms with Crippen LogP contribution in [0.25, 0.3) is 0 Å². The Labute approximate surface area is 93.0 Å². The minimum absolute atomic E-state index is 0.00620. The van der Waals surface area contributed by atoms with E-state index in [2.05, 4.69) is 5.32 Å². The monoisotopic (exact) mass is 227 g/mol. The van der Waals surface area contributed by atoms with Gasteiger partial charge in [0.1, 0.15) is 0 Å². The van der Waals surface area contributed by atoms with Crippen LogP contribution in [0.15, 0.2) is 18.2 Å². The number of likely N-dealkylation sites (N-methyl/N-ethyl adjacent to an activating group) is 1. The van der Waals surface area contributed by atoms with E-state index in [4.69, 9.17) is 9.84 Å². The number of rotatable bonds is 4. The van der Waals surface area contributed by atoms with E-state index in [1.807, 2.05) is 0 Å². The van der Waals surface area contributed by atoms with E-state index in [9.17, 15) is 9.18 Å². The number of carbonyl (C=O) groups is 1. The molecule has 0 saturated heterocycles. The average molecular weight is 227 g/mol. The number of hydrogen-bond acceptors (Lipinski definition) is 3. The lowest BCUT2D eigenvalue weighted by atomic mass is 10.2. The van der Waals surface area contributed by atoms with Crippen molar-refractivity contribution in [2.24, 2.45) is 0 Å². The van der Waals surface area contributed by atoms with Gasteiger partial charge >= 0.3 is 0 Å². The van der Waals surface area contributed by atoms with E-state index >= 15 is 0 Å². The number of benzene rings is 1. The molecular formula is C11H14FNO3. The molecule has 1 rings (SSSR count). The highest BCUT2D eigenvalue weighted by Gasteiger charge is 2.14. The smallest absolute Gasteiger partial charge is 0.260 e. The maximum absolute atomic E-state index is 13.4. The van der Waals surface area contributed by atoms with Crippen molar-refractivity contribution in [1.29, 1.82) is 0 Å². The highest BCUT2D eigenvalue weighted by atomic mass is 19.1. The van der Waals surface area contributed by atoms with E-state index < -0.39 is 11.9 Å². The topological polar surface area (TPSA) is 58.6 Å². The second-order valence-corrected chi connectivity index (χ2v) is 3.30. The molecule has 1 unspecified atom stereocenters. The number of aliphatic hydroxyl groups excluding tert-OH is 1. The zero-order chi connectivity index (χ0) is 12.1. The molecule has 0 aliphatic rings. The van der Waals surface area contributed by atoms with E-state index in [-0.39, 0.29) is 18.3 Å². The maximum Gasteiger partial charge on any atom is 0.260 e. The second kappa shape index (κ2) is 5.46. The van der Waals surface area contributed by atoms with Crippen molar-refractivity contribution in [3.05, 3.63) is 29.6 Å². The molecule has 0 aliphatic heterocycles. The van der Waals surface area contributed by atoms with Crippen LogP contribution in [0, 0.1) is 5.82 Å². The molecule has 88 valence electrons. The van der Waals surface area contributed by atoms with E-state index in [0.717, 1.165) is 0 Å². The Bertz CT molecular complexity index is 381. The standard InChI is InChI=1S/C11H14FNO3/c1-7(11(15)13-2)16-10-4-3-8(6-14)5-9(10)12/h3-5,7,14H,6H2,1-2H3,(H,13,15). The molecule has 0 bridgehead atoms. The molecule has 0 saturated carbocycles. The predicted octanol–water partition coefficient (Wildman–Crippen LogP) is 0.831. The molecular weight excluding hydrogens is 213 g/mol. The van der Waals surface area contributed by atoms with Crippen molar-refractivity contribution in [1.82, 2.24) is 5.32 Å². The third-order valence-electron chi connectivity index (χ3n) is 2.10. The van der Waals surface area contributed by atoms with Gasteiger partial charge in [0.15, 0.2) is 17.7 Å². The van der Waals surface area contributed by atoms with Crippen LogP contribution in [-0.2, 0) is 11.4 Å². The third-order valence-corrected chi connectivity index (χ3v) is 2.10. The normalized spacial score (nSPS) is 12.0. The minimum atomic E-state index is -0.764. The van der Waals surface area contributed by atoms with Gasteiger partial charge < -0.3 is 15.2 Å². The van der Waals surface area contributed by atoms with E-state index in [0.29, 0.717) is 5.56 Å². The zero-order valence-electron chi connectivity index (χ0n) is 9.16. The van der Waals surface area contributed by atoms with E-state index in [1.54, 1.807) is 0 Å². The second-order valence-electron chi connectivity index (χ2n) is 3.30. The molecule has 0 radical (unpaired) electrons. The summed E-state index contributed by atoms with van der Waals surface area (Å²) in [5.74, 6) is -0.929. The summed E-state index contributed by atoms with van der Waals surface area (Å²) in [6, 6.07) is 4.10. The number of nitrogens with one attached hydrogen (secondary N) is 1. The lowest BCUT2D eigenvalue weighted by Crippen LogP contribution is -2.33. The summed E-state index contributed by atoms with van der Waals surface area (Å²) in [5, 5.41) is 11.2. The molecule has 1 aromatic rings. The first-order valence-corrected chi connectivity index (χ1v) is 4.86.